The molecule has 2 aromatic carbocycles. The minimum absolute atomic E-state index is 0.403. The van der Waals surface area contributed by atoms with E-state index < -0.39 is 0 Å². The van der Waals surface area contributed by atoms with Crippen LogP contribution in [-0.2, 0) is 0 Å². The van der Waals surface area contributed by atoms with Gasteiger partial charge in [0.2, 0.25) is 0 Å². The number of hydrogen-bond acceptors (Lipinski definition) is 4. The van der Waals surface area contributed by atoms with E-state index in [4.69, 9.17) is 17.2 Å². The van der Waals surface area contributed by atoms with Gasteiger partial charge in [0.1, 0.15) is 5.82 Å². The molecular weight excluding hydrogens is 414 g/mol. The monoisotopic (exact) mass is 447 g/mol. The molecule has 1 fully saturated rings. The number of pyridine rings is 1. The van der Waals surface area contributed by atoms with Gasteiger partial charge in [-0.25, -0.2) is 4.98 Å². The Labute approximate surface area is 196 Å². The van der Waals surface area contributed by atoms with Crippen LogP contribution < -0.4 is 20.9 Å². The molecule has 3 aromatic rings. The molecule has 3 N–H and O–H groups in total. The smallest absolute Gasteiger partial charge is 0.171 e. The molecule has 1 saturated carbocycles. The van der Waals surface area contributed by atoms with Crippen molar-refractivity contribution in [2.75, 3.05) is 29.6 Å². The van der Waals surface area contributed by atoms with Gasteiger partial charge in [0.25, 0.3) is 0 Å². The van der Waals surface area contributed by atoms with E-state index in [9.17, 15) is 0 Å². The lowest BCUT2D eigenvalue weighted by molar-refractivity contribution is 0.388. The lowest BCUT2D eigenvalue weighted by Gasteiger charge is -2.31. The number of aryl methyl sites for hydroxylation is 2. The first kappa shape index (κ1) is 22.3. The molecule has 0 radical (unpaired) electrons. The number of para-hydroxylation sites is 1. The minimum Gasteiger partial charge on any atom is -0.377 e. The molecule has 0 bridgehead atoms. The predicted molar refractivity (Wildman–Crippen MR) is 141 cm³/mol. The van der Waals surface area contributed by atoms with E-state index >= 15 is 0 Å². The number of hydrogen-bond donors (Lipinski definition) is 3. The molecule has 1 heterocycles. The van der Waals surface area contributed by atoms with Crippen LogP contribution in [0.5, 0.6) is 0 Å². The van der Waals surface area contributed by atoms with E-state index in [0.717, 1.165) is 42.7 Å². The molecule has 1 aliphatic rings. The minimum atomic E-state index is 0.403. The predicted octanol–water partition coefficient (Wildman–Crippen LogP) is 5.63. The van der Waals surface area contributed by atoms with Crippen molar-refractivity contribution in [3.8, 4) is 0 Å². The number of benzene rings is 2. The van der Waals surface area contributed by atoms with Gasteiger partial charge in [-0.15, -0.1) is 0 Å². The highest BCUT2D eigenvalue weighted by Crippen LogP contribution is 2.29. The third kappa shape index (κ3) is 5.30. The number of aromatic nitrogens is 1. The van der Waals surface area contributed by atoms with Gasteiger partial charge in [0.15, 0.2) is 5.11 Å². The van der Waals surface area contributed by atoms with Gasteiger partial charge < -0.3 is 20.9 Å². The molecule has 4 rings (SSSR count). The zero-order valence-electron chi connectivity index (χ0n) is 19.4. The largest absolute Gasteiger partial charge is 0.377 e. The maximum atomic E-state index is 5.57. The summed E-state index contributed by atoms with van der Waals surface area (Å²) in [6.07, 6.45) is 4.35. The zero-order chi connectivity index (χ0) is 22.7. The second-order valence-electron chi connectivity index (χ2n) is 9.05. The summed E-state index contributed by atoms with van der Waals surface area (Å²) >= 11 is 5.57. The van der Waals surface area contributed by atoms with Crippen molar-refractivity contribution < 1.29 is 0 Å². The number of thiocarbonyl (C=S) groups is 1. The first-order chi connectivity index (χ1) is 15.4. The van der Waals surface area contributed by atoms with Gasteiger partial charge in [-0.2, -0.15) is 0 Å². The lowest BCUT2D eigenvalue weighted by atomic mass is 9.91. The third-order valence-corrected chi connectivity index (χ3v) is 6.44. The average Bonchev–Trinajstić information content (AvgIpc) is 2.76. The molecule has 0 aliphatic heterocycles. The third-order valence-electron chi connectivity index (χ3n) is 6.22. The Morgan fingerprint density at radius 2 is 1.69 bits per heavy atom. The number of rotatable bonds is 5. The topological polar surface area (TPSA) is 52.2 Å². The fourth-order valence-corrected chi connectivity index (χ4v) is 4.77. The molecule has 0 unspecified atom stereocenters. The molecule has 0 amide bonds. The summed E-state index contributed by atoms with van der Waals surface area (Å²) in [6, 6.07) is 17.7. The van der Waals surface area contributed by atoms with Crippen LogP contribution in [0.3, 0.4) is 0 Å². The highest BCUT2D eigenvalue weighted by Gasteiger charge is 2.22. The van der Waals surface area contributed by atoms with E-state index in [0.29, 0.717) is 17.2 Å². The summed E-state index contributed by atoms with van der Waals surface area (Å²) in [5.41, 5.74) is 5.76. The van der Waals surface area contributed by atoms with E-state index in [1.807, 2.05) is 6.07 Å². The Morgan fingerprint density at radius 3 is 2.41 bits per heavy atom. The molecule has 6 heteroatoms. The average molecular weight is 448 g/mol. The van der Waals surface area contributed by atoms with Crippen molar-refractivity contribution in [1.29, 1.82) is 0 Å². The summed E-state index contributed by atoms with van der Waals surface area (Å²) in [4.78, 5) is 7.01. The Kier molecular flexibility index (Phi) is 6.80. The molecule has 32 heavy (non-hydrogen) atoms. The summed E-state index contributed by atoms with van der Waals surface area (Å²) in [5, 5.41) is 12.4. The standard InChI is InChI=1S/C26H33N5S/c1-17-9-14-22(18(2)15-17)30-26(32)28-20-12-10-19(11-13-20)27-25-16-24(31(3)4)21-7-5-6-8-23(21)29-25/h5-9,14-16,19-20H,10-13H2,1-4H3,(H,27,29)(H2,28,30,32). The van der Waals surface area contributed by atoms with Gasteiger partial charge in [-0.1, -0.05) is 35.9 Å². The molecule has 1 aromatic heterocycles. The van der Waals surface area contributed by atoms with E-state index in [2.05, 4.69) is 91.3 Å². The Hall–Kier alpha value is -2.86. The highest BCUT2D eigenvalue weighted by molar-refractivity contribution is 7.80. The Morgan fingerprint density at radius 1 is 0.969 bits per heavy atom. The fourth-order valence-electron chi connectivity index (χ4n) is 4.49. The van der Waals surface area contributed by atoms with Crippen molar-refractivity contribution in [3.05, 3.63) is 59.7 Å². The molecule has 0 saturated heterocycles. The second kappa shape index (κ2) is 9.74. The zero-order valence-corrected chi connectivity index (χ0v) is 20.2. The molecular formula is C26H33N5S. The number of nitrogens with one attached hydrogen (secondary N) is 3. The fraction of sp³-hybridized carbons (Fsp3) is 0.385. The van der Waals surface area contributed by atoms with Crippen LogP contribution in [0, 0.1) is 13.8 Å². The second-order valence-corrected chi connectivity index (χ2v) is 9.46. The normalized spacial score (nSPS) is 18.2. The van der Waals surface area contributed by atoms with Gasteiger partial charge >= 0.3 is 0 Å². The molecule has 1 aliphatic carbocycles. The van der Waals surface area contributed by atoms with Crippen molar-refractivity contribution in [1.82, 2.24) is 10.3 Å². The first-order valence-corrected chi connectivity index (χ1v) is 11.8. The molecule has 0 spiro atoms. The quantitative estimate of drug-likeness (QED) is 0.441. The summed E-state index contributed by atoms with van der Waals surface area (Å²) in [5.74, 6) is 0.954. The van der Waals surface area contributed by atoms with Crippen LogP contribution in [0.1, 0.15) is 36.8 Å². The van der Waals surface area contributed by atoms with E-state index in [1.54, 1.807) is 0 Å². The molecule has 5 nitrogen and oxygen atoms in total. The maximum absolute atomic E-state index is 5.57. The highest BCUT2D eigenvalue weighted by atomic mass is 32.1. The summed E-state index contributed by atoms with van der Waals surface area (Å²) in [6.45, 7) is 4.21. The van der Waals surface area contributed by atoms with Gasteiger partial charge in [0, 0.05) is 49.0 Å². The van der Waals surface area contributed by atoms with E-state index in [-0.39, 0.29) is 0 Å². The number of anilines is 3. The van der Waals surface area contributed by atoms with Crippen molar-refractivity contribution in [2.45, 2.75) is 51.6 Å². The SMILES string of the molecule is Cc1ccc(NC(=S)NC2CCC(Nc3cc(N(C)C)c4ccccc4n3)CC2)c(C)c1. The van der Waals surface area contributed by atoms with Crippen LogP contribution in [0.2, 0.25) is 0 Å². The Balaban J connectivity index is 1.32. The molecule has 0 atom stereocenters. The van der Waals surface area contributed by atoms with Crippen LogP contribution in [0.4, 0.5) is 17.2 Å². The Bertz CT molecular complexity index is 1100. The summed E-state index contributed by atoms with van der Waals surface area (Å²) < 4.78 is 0. The van der Waals surface area contributed by atoms with Gasteiger partial charge in [0.05, 0.1) is 5.52 Å². The van der Waals surface area contributed by atoms with Crippen LogP contribution in [0.15, 0.2) is 48.5 Å². The van der Waals surface area contributed by atoms with Crippen LogP contribution in [0.25, 0.3) is 10.9 Å². The number of fused-ring (bicyclic) bond motifs is 1. The lowest BCUT2D eigenvalue weighted by Crippen LogP contribution is -2.42. The van der Waals surface area contributed by atoms with Crippen LogP contribution >= 0.6 is 12.2 Å². The van der Waals surface area contributed by atoms with Crippen molar-refractivity contribution in [2.24, 2.45) is 0 Å². The first-order valence-electron chi connectivity index (χ1n) is 11.4. The van der Waals surface area contributed by atoms with Crippen molar-refractivity contribution in [3.63, 3.8) is 0 Å². The maximum Gasteiger partial charge on any atom is 0.171 e. The van der Waals surface area contributed by atoms with Crippen LogP contribution in [-0.4, -0.2) is 36.3 Å². The molecule has 168 valence electrons. The number of nitrogens with zero attached hydrogens (tertiary/aromatic N) is 2. The summed E-state index contributed by atoms with van der Waals surface area (Å²) in [7, 11) is 4.16. The van der Waals surface area contributed by atoms with E-state index in [1.165, 1.54) is 22.2 Å². The van der Waals surface area contributed by atoms with Gasteiger partial charge in [-0.3, -0.25) is 0 Å². The van der Waals surface area contributed by atoms with Gasteiger partial charge in [-0.05, 0) is 69.4 Å². The van der Waals surface area contributed by atoms with Crippen molar-refractivity contribution >= 4 is 45.4 Å².